The van der Waals surface area contributed by atoms with E-state index in [4.69, 9.17) is 19.2 Å². The summed E-state index contributed by atoms with van der Waals surface area (Å²) in [7, 11) is 3.26. The summed E-state index contributed by atoms with van der Waals surface area (Å²) in [6.07, 6.45) is 0. The van der Waals surface area contributed by atoms with Gasteiger partial charge in [-0.25, -0.2) is 4.98 Å². The van der Waals surface area contributed by atoms with Crippen LogP contribution in [-0.2, 0) is 5.41 Å². The van der Waals surface area contributed by atoms with Gasteiger partial charge in [-0.2, -0.15) is 0 Å². The Bertz CT molecular complexity index is 1190. The minimum absolute atomic E-state index is 0.0840. The van der Waals surface area contributed by atoms with Crippen molar-refractivity contribution in [2.24, 2.45) is 0 Å². The zero-order valence-corrected chi connectivity index (χ0v) is 18.6. The van der Waals surface area contributed by atoms with Crippen LogP contribution < -0.4 is 14.2 Å². The molecule has 0 aliphatic heterocycles. The lowest BCUT2D eigenvalue weighted by atomic mass is 9.87. The first kappa shape index (κ1) is 20.7. The fourth-order valence-electron chi connectivity index (χ4n) is 3.52. The van der Waals surface area contributed by atoms with E-state index >= 15 is 0 Å². The smallest absolute Gasteiger partial charge is 0.227 e. The van der Waals surface area contributed by atoms with Crippen molar-refractivity contribution in [1.82, 2.24) is 4.98 Å². The minimum atomic E-state index is 0.0840. The zero-order chi connectivity index (χ0) is 22.0. The quantitative estimate of drug-likeness (QED) is 0.353. The Morgan fingerprint density at radius 3 is 2.00 bits per heavy atom. The van der Waals surface area contributed by atoms with Gasteiger partial charge in [0.1, 0.15) is 5.75 Å². The van der Waals surface area contributed by atoms with Gasteiger partial charge in [-0.05, 0) is 46.7 Å². The van der Waals surface area contributed by atoms with Gasteiger partial charge in [-0.3, -0.25) is 0 Å². The molecule has 4 nitrogen and oxygen atoms in total. The van der Waals surface area contributed by atoms with E-state index in [0.29, 0.717) is 17.4 Å². The van der Waals surface area contributed by atoms with Crippen molar-refractivity contribution >= 4 is 10.8 Å². The Labute approximate surface area is 183 Å². The number of benzene rings is 3. The van der Waals surface area contributed by atoms with Crippen LogP contribution in [0.5, 0.6) is 23.1 Å². The monoisotopic (exact) mass is 413 g/mol. The van der Waals surface area contributed by atoms with Crippen LogP contribution in [0.1, 0.15) is 26.3 Å². The molecule has 4 rings (SSSR count). The molecule has 0 aliphatic rings. The predicted molar refractivity (Wildman–Crippen MR) is 125 cm³/mol. The highest BCUT2D eigenvalue weighted by Crippen LogP contribution is 2.39. The predicted octanol–water partition coefficient (Wildman–Crippen LogP) is 7.01. The molecule has 0 aliphatic carbocycles. The maximum atomic E-state index is 6.29. The molecular formula is C27H27NO3. The van der Waals surface area contributed by atoms with Gasteiger partial charge in [0.25, 0.3) is 0 Å². The molecule has 4 aromatic rings. The number of pyridine rings is 1. The van der Waals surface area contributed by atoms with Crippen LogP contribution in [0.4, 0.5) is 0 Å². The maximum absolute atomic E-state index is 6.29. The maximum Gasteiger partial charge on any atom is 0.227 e. The van der Waals surface area contributed by atoms with Crippen LogP contribution in [0.15, 0.2) is 72.8 Å². The Kier molecular flexibility index (Phi) is 5.55. The van der Waals surface area contributed by atoms with E-state index in [1.807, 2.05) is 60.7 Å². The van der Waals surface area contributed by atoms with E-state index in [9.17, 15) is 0 Å². The number of hydrogen-bond acceptors (Lipinski definition) is 4. The molecule has 1 heterocycles. The van der Waals surface area contributed by atoms with Crippen molar-refractivity contribution in [2.45, 2.75) is 26.2 Å². The summed E-state index contributed by atoms with van der Waals surface area (Å²) in [6, 6.07) is 24.2. The normalized spacial score (nSPS) is 11.4. The van der Waals surface area contributed by atoms with Gasteiger partial charge >= 0.3 is 0 Å². The highest BCUT2D eigenvalue weighted by Gasteiger charge is 2.16. The molecule has 158 valence electrons. The Morgan fingerprint density at radius 2 is 1.39 bits per heavy atom. The largest absolute Gasteiger partial charge is 0.493 e. The molecule has 0 bridgehead atoms. The second-order valence-corrected chi connectivity index (χ2v) is 8.48. The van der Waals surface area contributed by atoms with Gasteiger partial charge in [-0.1, -0.05) is 63.2 Å². The third-order valence-electron chi connectivity index (χ3n) is 5.30. The van der Waals surface area contributed by atoms with Crippen molar-refractivity contribution in [3.05, 3.63) is 78.4 Å². The Hall–Kier alpha value is -3.53. The zero-order valence-electron chi connectivity index (χ0n) is 18.6. The summed E-state index contributed by atoms with van der Waals surface area (Å²) < 4.78 is 17.3. The van der Waals surface area contributed by atoms with Crippen molar-refractivity contribution < 1.29 is 14.2 Å². The van der Waals surface area contributed by atoms with Gasteiger partial charge in [0.05, 0.1) is 19.9 Å². The number of hydrogen-bond donors (Lipinski definition) is 0. The average Bonchev–Trinajstić information content (AvgIpc) is 2.78. The molecule has 0 amide bonds. The van der Waals surface area contributed by atoms with Crippen LogP contribution in [0.3, 0.4) is 0 Å². The lowest BCUT2D eigenvalue weighted by Crippen LogP contribution is -2.10. The second-order valence-electron chi connectivity index (χ2n) is 8.48. The van der Waals surface area contributed by atoms with Gasteiger partial charge in [0.2, 0.25) is 5.88 Å². The summed E-state index contributed by atoms with van der Waals surface area (Å²) in [5, 5.41) is 1.82. The summed E-state index contributed by atoms with van der Waals surface area (Å²) in [6.45, 7) is 6.59. The Morgan fingerprint density at radius 1 is 0.742 bits per heavy atom. The number of rotatable bonds is 5. The van der Waals surface area contributed by atoms with E-state index in [1.54, 1.807) is 14.2 Å². The first-order chi connectivity index (χ1) is 14.9. The second kappa shape index (κ2) is 8.31. The van der Waals surface area contributed by atoms with Crippen LogP contribution >= 0.6 is 0 Å². The van der Waals surface area contributed by atoms with Gasteiger partial charge in [-0.15, -0.1) is 0 Å². The van der Waals surface area contributed by atoms with Crippen LogP contribution in [-0.4, -0.2) is 19.2 Å². The molecule has 1 aromatic heterocycles. The fraction of sp³-hybridized carbons (Fsp3) is 0.222. The molecule has 0 spiro atoms. The van der Waals surface area contributed by atoms with Gasteiger partial charge in [0.15, 0.2) is 11.5 Å². The minimum Gasteiger partial charge on any atom is -0.493 e. The topological polar surface area (TPSA) is 40.6 Å². The van der Waals surface area contributed by atoms with Crippen molar-refractivity contribution in [1.29, 1.82) is 0 Å². The van der Waals surface area contributed by atoms with E-state index in [1.165, 1.54) is 5.56 Å². The third-order valence-corrected chi connectivity index (χ3v) is 5.30. The first-order valence-electron chi connectivity index (χ1n) is 10.3. The molecule has 31 heavy (non-hydrogen) atoms. The van der Waals surface area contributed by atoms with Crippen LogP contribution in [0, 0.1) is 0 Å². The van der Waals surface area contributed by atoms with E-state index in [2.05, 4.69) is 32.9 Å². The molecule has 0 unspecified atom stereocenters. The van der Waals surface area contributed by atoms with Crippen molar-refractivity contribution in [3.63, 3.8) is 0 Å². The molecule has 0 N–H and O–H groups in total. The molecule has 0 fully saturated rings. The highest BCUT2D eigenvalue weighted by molar-refractivity contribution is 5.93. The van der Waals surface area contributed by atoms with E-state index in [-0.39, 0.29) is 5.41 Å². The highest BCUT2D eigenvalue weighted by atomic mass is 16.5. The molecule has 0 saturated heterocycles. The fourth-order valence-corrected chi connectivity index (χ4v) is 3.52. The average molecular weight is 414 g/mol. The number of fused-ring (bicyclic) bond motifs is 1. The van der Waals surface area contributed by atoms with Crippen LogP contribution in [0.25, 0.3) is 22.0 Å². The summed E-state index contributed by atoms with van der Waals surface area (Å²) in [5.41, 5.74) is 3.19. The summed E-state index contributed by atoms with van der Waals surface area (Å²) in [4.78, 5) is 4.85. The van der Waals surface area contributed by atoms with Gasteiger partial charge in [0, 0.05) is 10.9 Å². The standard InChI is InChI=1S/C27H27NO3/c1-27(2,3)20-11-13-21(14-12-20)31-26-22-17-25(30-5)24(29-4)16-19(22)15-23(28-26)18-9-7-6-8-10-18/h6-17H,1-5H3. The lowest BCUT2D eigenvalue weighted by molar-refractivity contribution is 0.355. The third kappa shape index (κ3) is 4.33. The molecule has 0 radical (unpaired) electrons. The van der Waals surface area contributed by atoms with Gasteiger partial charge < -0.3 is 14.2 Å². The Balaban J connectivity index is 1.85. The van der Waals surface area contributed by atoms with E-state index < -0.39 is 0 Å². The van der Waals surface area contributed by atoms with Crippen molar-refractivity contribution in [2.75, 3.05) is 14.2 Å². The molecular weight excluding hydrogens is 386 g/mol. The number of ether oxygens (including phenoxy) is 3. The summed E-state index contributed by atoms with van der Waals surface area (Å²) >= 11 is 0. The van der Waals surface area contributed by atoms with Crippen LogP contribution in [0.2, 0.25) is 0 Å². The molecule has 0 atom stereocenters. The van der Waals surface area contributed by atoms with E-state index in [0.717, 1.165) is 27.8 Å². The number of nitrogens with zero attached hydrogens (tertiary/aromatic N) is 1. The molecule has 4 heteroatoms. The number of methoxy groups -OCH3 is 2. The first-order valence-corrected chi connectivity index (χ1v) is 10.3. The SMILES string of the molecule is COc1cc2cc(-c3ccccc3)nc(Oc3ccc(C(C)(C)C)cc3)c2cc1OC. The number of aromatic nitrogens is 1. The lowest BCUT2D eigenvalue weighted by Gasteiger charge is -2.19. The van der Waals surface area contributed by atoms with Crippen molar-refractivity contribution in [3.8, 4) is 34.4 Å². The molecule has 0 saturated carbocycles. The molecule has 3 aromatic carbocycles. The summed E-state index contributed by atoms with van der Waals surface area (Å²) in [5.74, 6) is 2.57.